The van der Waals surface area contributed by atoms with Crippen molar-refractivity contribution in [2.45, 2.75) is 10.1 Å². The van der Waals surface area contributed by atoms with Gasteiger partial charge in [0.1, 0.15) is 6.29 Å². The Bertz CT molecular complexity index is 670. The van der Waals surface area contributed by atoms with Crippen LogP contribution in [0.4, 0.5) is 0 Å². The van der Waals surface area contributed by atoms with Crippen molar-refractivity contribution in [2.24, 2.45) is 0 Å². The summed E-state index contributed by atoms with van der Waals surface area (Å²) >= 11 is 3.45. The molecule has 0 saturated heterocycles. The van der Waals surface area contributed by atoms with Crippen LogP contribution in [0.3, 0.4) is 0 Å². The number of benzene rings is 2. The molecular formula is C15H11NOS2. The summed E-state index contributed by atoms with van der Waals surface area (Å²) in [6.45, 7) is 0. The third kappa shape index (κ3) is 2.85. The van der Waals surface area contributed by atoms with Crippen LogP contribution < -0.4 is 0 Å². The molecule has 1 heterocycles. The van der Waals surface area contributed by atoms with E-state index in [9.17, 15) is 4.79 Å². The van der Waals surface area contributed by atoms with E-state index in [0.717, 1.165) is 21.9 Å². The number of aldehydes is 1. The van der Waals surface area contributed by atoms with Crippen molar-refractivity contribution in [3.63, 3.8) is 0 Å². The van der Waals surface area contributed by atoms with Crippen LogP contribution >= 0.6 is 23.1 Å². The number of para-hydroxylation sites is 1. The Morgan fingerprint density at radius 2 is 1.89 bits per heavy atom. The van der Waals surface area contributed by atoms with Gasteiger partial charge in [0.2, 0.25) is 0 Å². The van der Waals surface area contributed by atoms with Gasteiger partial charge in [-0.3, -0.25) is 4.79 Å². The number of rotatable bonds is 4. The van der Waals surface area contributed by atoms with Gasteiger partial charge in [-0.1, -0.05) is 48.2 Å². The highest BCUT2D eigenvalue weighted by molar-refractivity contribution is 8.00. The molecule has 19 heavy (non-hydrogen) atoms. The van der Waals surface area contributed by atoms with E-state index in [4.69, 9.17) is 0 Å². The van der Waals surface area contributed by atoms with Gasteiger partial charge in [0, 0.05) is 11.3 Å². The largest absolute Gasteiger partial charge is 0.298 e. The first-order valence-corrected chi connectivity index (χ1v) is 7.68. The number of hydrogen-bond acceptors (Lipinski definition) is 4. The Morgan fingerprint density at radius 3 is 2.63 bits per heavy atom. The normalized spacial score (nSPS) is 10.7. The fraction of sp³-hybridized carbons (Fsp3) is 0.0667. The van der Waals surface area contributed by atoms with Crippen molar-refractivity contribution in [1.82, 2.24) is 4.98 Å². The molecule has 1 aromatic heterocycles. The minimum absolute atomic E-state index is 0.716. The van der Waals surface area contributed by atoms with Crippen LogP contribution in [0.2, 0.25) is 0 Å². The van der Waals surface area contributed by atoms with Crippen LogP contribution in [0.5, 0.6) is 0 Å². The molecule has 3 rings (SSSR count). The molecule has 0 amide bonds. The molecule has 0 aliphatic rings. The zero-order valence-corrected chi connectivity index (χ0v) is 11.7. The highest BCUT2D eigenvalue weighted by Gasteiger charge is 2.04. The maximum Gasteiger partial charge on any atom is 0.151 e. The zero-order chi connectivity index (χ0) is 13.1. The van der Waals surface area contributed by atoms with Gasteiger partial charge in [0.25, 0.3) is 0 Å². The zero-order valence-electron chi connectivity index (χ0n) is 10.1. The summed E-state index contributed by atoms with van der Waals surface area (Å²) in [6.07, 6.45) is 0.866. The van der Waals surface area contributed by atoms with E-state index in [2.05, 4.69) is 11.1 Å². The lowest BCUT2D eigenvalue weighted by Gasteiger charge is -1.98. The SMILES string of the molecule is O=Cc1ccc(CSc2nc3ccccc3s2)cc1. The standard InChI is InChI=1S/C15H11NOS2/c17-9-11-5-7-12(8-6-11)10-18-15-16-13-3-1-2-4-14(13)19-15/h1-9H,10H2. The summed E-state index contributed by atoms with van der Waals surface area (Å²) in [7, 11) is 0. The van der Waals surface area contributed by atoms with E-state index in [1.807, 2.05) is 42.5 Å². The van der Waals surface area contributed by atoms with Gasteiger partial charge in [0.15, 0.2) is 4.34 Å². The summed E-state index contributed by atoms with van der Waals surface area (Å²) in [5, 5.41) is 0. The second-order valence-corrected chi connectivity index (χ2v) is 6.35. The van der Waals surface area contributed by atoms with Gasteiger partial charge in [0.05, 0.1) is 10.2 Å². The van der Waals surface area contributed by atoms with Crippen LogP contribution in [0.25, 0.3) is 10.2 Å². The van der Waals surface area contributed by atoms with Crippen molar-refractivity contribution in [1.29, 1.82) is 0 Å². The van der Waals surface area contributed by atoms with E-state index >= 15 is 0 Å². The number of nitrogens with zero attached hydrogens (tertiary/aromatic N) is 1. The molecule has 2 aromatic carbocycles. The molecule has 94 valence electrons. The minimum atomic E-state index is 0.716. The van der Waals surface area contributed by atoms with Gasteiger partial charge < -0.3 is 0 Å². The van der Waals surface area contributed by atoms with Crippen molar-refractivity contribution in [2.75, 3.05) is 0 Å². The molecular weight excluding hydrogens is 274 g/mol. The summed E-state index contributed by atoms with van der Waals surface area (Å²) < 4.78 is 2.31. The van der Waals surface area contributed by atoms with Crippen molar-refractivity contribution < 1.29 is 4.79 Å². The number of fused-ring (bicyclic) bond motifs is 1. The van der Waals surface area contributed by atoms with E-state index < -0.39 is 0 Å². The molecule has 3 aromatic rings. The summed E-state index contributed by atoms with van der Waals surface area (Å²) in [5.74, 6) is 0.874. The summed E-state index contributed by atoms with van der Waals surface area (Å²) in [4.78, 5) is 15.2. The van der Waals surface area contributed by atoms with Crippen molar-refractivity contribution in [3.05, 3.63) is 59.7 Å². The molecule has 0 bridgehead atoms. The lowest BCUT2D eigenvalue weighted by atomic mass is 10.2. The first-order chi connectivity index (χ1) is 9.35. The molecule has 0 spiro atoms. The topological polar surface area (TPSA) is 30.0 Å². The fourth-order valence-corrected chi connectivity index (χ4v) is 3.77. The van der Waals surface area contributed by atoms with Crippen LogP contribution in [-0.2, 0) is 5.75 Å². The van der Waals surface area contributed by atoms with E-state index in [0.29, 0.717) is 5.56 Å². The molecule has 0 N–H and O–H groups in total. The average Bonchev–Trinajstić information content (AvgIpc) is 2.88. The van der Waals surface area contributed by atoms with Gasteiger partial charge >= 0.3 is 0 Å². The maximum atomic E-state index is 10.6. The molecule has 0 aliphatic heterocycles. The molecule has 0 radical (unpaired) electrons. The quantitative estimate of drug-likeness (QED) is 0.525. The first-order valence-electron chi connectivity index (χ1n) is 5.87. The number of hydrogen-bond donors (Lipinski definition) is 0. The van der Waals surface area contributed by atoms with Crippen LogP contribution in [0.1, 0.15) is 15.9 Å². The molecule has 2 nitrogen and oxygen atoms in total. The molecule has 0 fully saturated rings. The predicted molar refractivity (Wildman–Crippen MR) is 81.0 cm³/mol. The Balaban J connectivity index is 1.72. The second-order valence-electron chi connectivity index (χ2n) is 4.10. The maximum absolute atomic E-state index is 10.6. The lowest BCUT2D eigenvalue weighted by Crippen LogP contribution is -1.83. The number of carbonyl (C=O) groups excluding carboxylic acids is 1. The first kappa shape index (κ1) is 12.4. The van der Waals surface area contributed by atoms with Gasteiger partial charge in [-0.15, -0.1) is 11.3 Å². The number of thiazole rings is 1. The Labute approximate surface area is 119 Å². The van der Waals surface area contributed by atoms with E-state index in [-0.39, 0.29) is 0 Å². The third-order valence-electron chi connectivity index (χ3n) is 2.75. The molecule has 0 saturated carbocycles. The van der Waals surface area contributed by atoms with Gasteiger partial charge in [-0.2, -0.15) is 0 Å². The predicted octanol–water partition coefficient (Wildman–Crippen LogP) is 4.40. The second kappa shape index (κ2) is 5.55. The lowest BCUT2D eigenvalue weighted by molar-refractivity contribution is 0.112. The smallest absolute Gasteiger partial charge is 0.151 e. The summed E-state index contributed by atoms with van der Waals surface area (Å²) in [5.41, 5.74) is 2.98. The molecule has 0 aliphatic carbocycles. The van der Waals surface area contributed by atoms with Crippen LogP contribution in [-0.4, -0.2) is 11.3 Å². The Hall–Kier alpha value is -1.65. The van der Waals surface area contributed by atoms with Crippen LogP contribution in [0.15, 0.2) is 52.9 Å². The number of aromatic nitrogens is 1. The molecule has 4 heteroatoms. The Morgan fingerprint density at radius 1 is 1.11 bits per heavy atom. The van der Waals surface area contributed by atoms with E-state index in [1.165, 1.54) is 10.3 Å². The fourth-order valence-electron chi connectivity index (χ4n) is 1.75. The highest BCUT2D eigenvalue weighted by Crippen LogP contribution is 2.31. The highest BCUT2D eigenvalue weighted by atomic mass is 32.2. The third-order valence-corrected chi connectivity index (χ3v) is 5.00. The van der Waals surface area contributed by atoms with Gasteiger partial charge in [-0.25, -0.2) is 4.98 Å². The number of carbonyl (C=O) groups is 1. The number of thioether (sulfide) groups is 1. The van der Waals surface area contributed by atoms with Gasteiger partial charge in [-0.05, 0) is 17.7 Å². The Kier molecular flexibility index (Phi) is 3.62. The minimum Gasteiger partial charge on any atom is -0.298 e. The van der Waals surface area contributed by atoms with Crippen LogP contribution in [0, 0.1) is 0 Å². The van der Waals surface area contributed by atoms with Crippen molar-refractivity contribution >= 4 is 39.6 Å². The van der Waals surface area contributed by atoms with Crippen molar-refractivity contribution in [3.8, 4) is 0 Å². The monoisotopic (exact) mass is 285 g/mol. The molecule has 0 atom stereocenters. The molecule has 0 unspecified atom stereocenters. The van der Waals surface area contributed by atoms with E-state index in [1.54, 1.807) is 23.1 Å². The average molecular weight is 285 g/mol. The summed E-state index contributed by atoms with van der Waals surface area (Å²) in [6, 6.07) is 15.9.